The number of aromatic nitrogens is 2. The van der Waals surface area contributed by atoms with E-state index in [9.17, 15) is 4.79 Å². The highest BCUT2D eigenvalue weighted by atomic mass is 16.1. The minimum atomic E-state index is 0.139. The van der Waals surface area contributed by atoms with Gasteiger partial charge in [-0.25, -0.2) is 0 Å². The molecular weight excluding hydrogens is 236 g/mol. The van der Waals surface area contributed by atoms with E-state index in [0.29, 0.717) is 6.54 Å². The van der Waals surface area contributed by atoms with Gasteiger partial charge in [0.1, 0.15) is 0 Å². The zero-order valence-electron chi connectivity index (χ0n) is 11.1. The first-order chi connectivity index (χ1) is 9.13. The second-order valence-corrected chi connectivity index (χ2v) is 4.99. The molecule has 0 aliphatic carbocycles. The van der Waals surface area contributed by atoms with Crippen molar-refractivity contribution in [1.82, 2.24) is 9.13 Å². The van der Waals surface area contributed by atoms with Crippen LogP contribution in [0.1, 0.15) is 15.9 Å². The first-order valence-corrected chi connectivity index (χ1v) is 6.34. The van der Waals surface area contributed by atoms with Gasteiger partial charge in [-0.2, -0.15) is 0 Å². The van der Waals surface area contributed by atoms with Crippen molar-refractivity contribution in [3.63, 3.8) is 0 Å². The normalized spacial score (nSPS) is 11.1. The van der Waals surface area contributed by atoms with Crippen molar-refractivity contribution in [2.24, 2.45) is 7.05 Å². The van der Waals surface area contributed by atoms with Gasteiger partial charge in [0.25, 0.3) is 0 Å². The summed E-state index contributed by atoms with van der Waals surface area (Å²) < 4.78 is 3.91. The van der Waals surface area contributed by atoms with Crippen LogP contribution in [0.4, 0.5) is 0 Å². The van der Waals surface area contributed by atoms with Crippen LogP contribution in [0.2, 0.25) is 0 Å². The third-order valence-electron chi connectivity index (χ3n) is 3.40. The predicted molar refractivity (Wildman–Crippen MR) is 76.4 cm³/mol. The zero-order valence-corrected chi connectivity index (χ0v) is 11.1. The zero-order chi connectivity index (χ0) is 13.4. The summed E-state index contributed by atoms with van der Waals surface area (Å²) >= 11 is 0. The Labute approximate surface area is 112 Å². The largest absolute Gasteiger partial charge is 0.357 e. The Morgan fingerprint density at radius 2 is 2.00 bits per heavy atom. The Morgan fingerprint density at radius 3 is 2.74 bits per heavy atom. The number of hydrogen-bond acceptors (Lipinski definition) is 1. The molecule has 0 amide bonds. The number of ketones is 1. The summed E-state index contributed by atoms with van der Waals surface area (Å²) in [6.45, 7) is 2.45. The van der Waals surface area contributed by atoms with E-state index < -0.39 is 0 Å². The second-order valence-electron chi connectivity index (χ2n) is 4.99. The van der Waals surface area contributed by atoms with Gasteiger partial charge in [-0.1, -0.05) is 12.1 Å². The number of hydrogen-bond donors (Lipinski definition) is 0. The highest BCUT2D eigenvalue weighted by molar-refractivity contribution is 5.96. The lowest BCUT2D eigenvalue weighted by Crippen LogP contribution is -2.08. The Kier molecular flexibility index (Phi) is 2.75. The second kappa shape index (κ2) is 4.43. The van der Waals surface area contributed by atoms with Crippen LogP contribution in [0.3, 0.4) is 0 Å². The van der Waals surface area contributed by atoms with Gasteiger partial charge in [0, 0.05) is 36.7 Å². The van der Waals surface area contributed by atoms with Gasteiger partial charge in [0.2, 0.25) is 0 Å². The van der Waals surface area contributed by atoms with Crippen LogP contribution < -0.4 is 0 Å². The molecule has 0 N–H and O–H groups in total. The van der Waals surface area contributed by atoms with E-state index in [1.54, 1.807) is 0 Å². The molecule has 2 heterocycles. The lowest BCUT2D eigenvalue weighted by Gasteiger charge is -2.04. The molecule has 3 rings (SSSR count). The molecule has 0 unspecified atom stereocenters. The lowest BCUT2D eigenvalue weighted by molar-refractivity contribution is 0.0973. The van der Waals surface area contributed by atoms with Crippen LogP contribution in [-0.4, -0.2) is 14.9 Å². The number of carbonyl (C=O) groups excluding carboxylic acids is 1. The number of rotatable bonds is 3. The molecule has 0 radical (unpaired) electrons. The summed E-state index contributed by atoms with van der Waals surface area (Å²) in [5.41, 5.74) is 3.08. The van der Waals surface area contributed by atoms with E-state index in [1.165, 1.54) is 10.9 Å². The fourth-order valence-corrected chi connectivity index (χ4v) is 2.35. The van der Waals surface area contributed by atoms with E-state index in [-0.39, 0.29) is 5.78 Å². The van der Waals surface area contributed by atoms with Crippen molar-refractivity contribution in [2.75, 3.05) is 0 Å². The van der Waals surface area contributed by atoms with E-state index in [1.807, 2.05) is 46.9 Å². The summed E-state index contributed by atoms with van der Waals surface area (Å²) in [5, 5.41) is 1.17. The lowest BCUT2D eigenvalue weighted by atomic mass is 10.2. The molecule has 0 saturated heterocycles. The minimum absolute atomic E-state index is 0.139. The first kappa shape index (κ1) is 11.8. The van der Waals surface area contributed by atoms with Gasteiger partial charge in [-0.15, -0.1) is 0 Å². The number of benzene rings is 1. The average molecular weight is 252 g/mol. The van der Waals surface area contributed by atoms with Crippen molar-refractivity contribution in [1.29, 1.82) is 0 Å². The number of aryl methyl sites for hydroxylation is 2. The number of carbonyl (C=O) groups is 1. The average Bonchev–Trinajstić information content (AvgIpc) is 2.97. The Hall–Kier alpha value is -2.29. The predicted octanol–water partition coefficient (Wildman–Crippen LogP) is 3.17. The van der Waals surface area contributed by atoms with Crippen molar-refractivity contribution in [2.45, 2.75) is 13.5 Å². The first-order valence-electron chi connectivity index (χ1n) is 6.34. The molecule has 0 atom stereocenters. The van der Waals surface area contributed by atoms with Gasteiger partial charge in [0.15, 0.2) is 5.78 Å². The molecule has 3 nitrogen and oxygen atoms in total. The van der Waals surface area contributed by atoms with Crippen LogP contribution in [0.15, 0.2) is 48.9 Å². The van der Waals surface area contributed by atoms with Crippen molar-refractivity contribution in [3.05, 3.63) is 60.0 Å². The molecule has 3 aromatic rings. The standard InChI is InChI=1S/C16H16N2O/c1-12-3-4-13-6-8-18(15(13)9-12)11-16(19)14-5-7-17(2)10-14/h3-10H,11H2,1-2H3. The number of nitrogens with zero attached hydrogens (tertiary/aromatic N) is 2. The van der Waals surface area contributed by atoms with Gasteiger partial charge >= 0.3 is 0 Å². The van der Waals surface area contributed by atoms with E-state index in [4.69, 9.17) is 0 Å². The molecular formula is C16H16N2O. The van der Waals surface area contributed by atoms with Crippen LogP contribution in [-0.2, 0) is 13.6 Å². The van der Waals surface area contributed by atoms with Crippen LogP contribution >= 0.6 is 0 Å². The highest BCUT2D eigenvalue weighted by Crippen LogP contribution is 2.18. The molecule has 1 aromatic carbocycles. The quantitative estimate of drug-likeness (QED) is 0.658. The van der Waals surface area contributed by atoms with Crippen molar-refractivity contribution < 1.29 is 4.79 Å². The van der Waals surface area contributed by atoms with Crippen LogP contribution in [0, 0.1) is 6.92 Å². The fourth-order valence-electron chi connectivity index (χ4n) is 2.35. The minimum Gasteiger partial charge on any atom is -0.357 e. The summed E-state index contributed by atoms with van der Waals surface area (Å²) in [6, 6.07) is 10.2. The van der Waals surface area contributed by atoms with Gasteiger partial charge in [-0.3, -0.25) is 4.79 Å². The maximum absolute atomic E-state index is 12.2. The maximum Gasteiger partial charge on any atom is 0.184 e. The molecule has 0 fully saturated rings. The Bertz CT molecular complexity index is 749. The smallest absolute Gasteiger partial charge is 0.184 e. The number of Topliss-reactive ketones (excluding diaryl/α,β-unsaturated/α-hetero) is 1. The van der Waals surface area contributed by atoms with Gasteiger partial charge < -0.3 is 9.13 Å². The van der Waals surface area contributed by atoms with Crippen molar-refractivity contribution in [3.8, 4) is 0 Å². The van der Waals surface area contributed by atoms with E-state index in [0.717, 1.165) is 11.1 Å². The Balaban J connectivity index is 1.93. The Morgan fingerprint density at radius 1 is 1.16 bits per heavy atom. The van der Waals surface area contributed by atoms with E-state index in [2.05, 4.69) is 25.1 Å². The van der Waals surface area contributed by atoms with Crippen LogP contribution in [0.25, 0.3) is 10.9 Å². The summed E-state index contributed by atoms with van der Waals surface area (Å²) in [5.74, 6) is 0.139. The summed E-state index contributed by atoms with van der Waals surface area (Å²) in [7, 11) is 1.92. The molecule has 96 valence electrons. The topological polar surface area (TPSA) is 26.9 Å². The molecule has 2 aromatic heterocycles. The van der Waals surface area contributed by atoms with Gasteiger partial charge in [0.05, 0.1) is 6.54 Å². The van der Waals surface area contributed by atoms with Crippen molar-refractivity contribution >= 4 is 16.7 Å². The molecule has 19 heavy (non-hydrogen) atoms. The SMILES string of the molecule is Cc1ccc2ccn(CC(=O)c3ccn(C)c3)c2c1. The summed E-state index contributed by atoms with van der Waals surface area (Å²) in [4.78, 5) is 12.2. The van der Waals surface area contributed by atoms with Crippen LogP contribution in [0.5, 0.6) is 0 Å². The molecule has 0 saturated carbocycles. The molecule has 0 spiro atoms. The third-order valence-corrected chi connectivity index (χ3v) is 3.40. The maximum atomic E-state index is 12.2. The molecule has 3 heteroatoms. The van der Waals surface area contributed by atoms with E-state index >= 15 is 0 Å². The summed E-state index contributed by atoms with van der Waals surface area (Å²) in [6.07, 6.45) is 5.73. The highest BCUT2D eigenvalue weighted by Gasteiger charge is 2.09. The third kappa shape index (κ3) is 2.19. The number of fused-ring (bicyclic) bond motifs is 1. The fraction of sp³-hybridized carbons (Fsp3) is 0.188. The molecule has 0 bridgehead atoms. The monoisotopic (exact) mass is 252 g/mol. The molecule has 0 aliphatic heterocycles. The van der Waals surface area contributed by atoms with Gasteiger partial charge in [-0.05, 0) is 36.1 Å². The molecule has 0 aliphatic rings.